The van der Waals surface area contributed by atoms with Crippen molar-refractivity contribution < 1.29 is 9.84 Å². The highest BCUT2D eigenvalue weighted by Gasteiger charge is 2.46. The normalized spacial score (nSPS) is 16.8. The zero-order chi connectivity index (χ0) is 18.8. The summed E-state index contributed by atoms with van der Waals surface area (Å²) in [4.78, 5) is 4.87. The maximum absolute atomic E-state index is 9.24. The number of hydrogen-bond donors (Lipinski definition) is 3. The molecule has 0 spiro atoms. The van der Waals surface area contributed by atoms with Gasteiger partial charge in [0.2, 0.25) is 0 Å². The van der Waals surface area contributed by atoms with Crippen LogP contribution < -0.4 is 15.4 Å². The number of methoxy groups -OCH3 is 1. The molecule has 1 aromatic rings. The van der Waals surface area contributed by atoms with E-state index in [0.717, 1.165) is 63.4 Å². The van der Waals surface area contributed by atoms with E-state index in [1.165, 1.54) is 5.56 Å². The van der Waals surface area contributed by atoms with Gasteiger partial charge < -0.3 is 20.5 Å². The predicted octanol–water partition coefficient (Wildman–Crippen LogP) is 3.08. The van der Waals surface area contributed by atoms with Gasteiger partial charge in [-0.1, -0.05) is 31.5 Å². The van der Waals surface area contributed by atoms with Gasteiger partial charge in [0.05, 0.1) is 13.7 Å². The fourth-order valence-electron chi connectivity index (χ4n) is 3.50. The second-order valence-corrected chi connectivity index (χ2v) is 7.22. The van der Waals surface area contributed by atoms with E-state index in [9.17, 15) is 5.11 Å². The zero-order valence-electron chi connectivity index (χ0n) is 16.6. The van der Waals surface area contributed by atoms with Gasteiger partial charge in [0.15, 0.2) is 5.96 Å². The number of hydrogen-bond acceptors (Lipinski definition) is 3. The Bertz CT molecular complexity index is 564. The molecule has 1 saturated carbocycles. The summed E-state index contributed by atoms with van der Waals surface area (Å²) in [5.74, 6) is 2.31. The third-order valence-electron chi connectivity index (χ3n) is 5.21. The van der Waals surface area contributed by atoms with Crippen molar-refractivity contribution in [2.45, 2.75) is 51.4 Å². The van der Waals surface area contributed by atoms with E-state index in [-0.39, 0.29) is 12.0 Å². The lowest BCUT2D eigenvalue weighted by Gasteiger charge is -2.20. The number of ether oxygens (including phenoxy) is 1. The Hall–Kier alpha value is -1.75. The molecule has 0 amide bonds. The minimum atomic E-state index is 0.114. The number of aliphatic hydroxyl groups excluding tert-OH is 1. The molecule has 0 aromatic heterocycles. The SMILES string of the molecule is CCCC(CCO)CNC(=NCC1(c2ccccc2OC)CC1)NCC. The first kappa shape index (κ1) is 20.6. The van der Waals surface area contributed by atoms with Crippen LogP contribution in [0.15, 0.2) is 29.3 Å². The minimum Gasteiger partial charge on any atom is -0.496 e. The molecule has 3 N–H and O–H groups in total. The van der Waals surface area contributed by atoms with Gasteiger partial charge in [-0.2, -0.15) is 0 Å². The summed E-state index contributed by atoms with van der Waals surface area (Å²) in [7, 11) is 1.73. The molecule has 1 aliphatic rings. The summed E-state index contributed by atoms with van der Waals surface area (Å²) in [5.41, 5.74) is 1.38. The third kappa shape index (κ3) is 5.63. The fraction of sp³-hybridized carbons (Fsp3) is 0.667. The van der Waals surface area contributed by atoms with E-state index in [2.05, 4.69) is 36.6 Å². The lowest BCUT2D eigenvalue weighted by Crippen LogP contribution is -2.40. The first-order valence-corrected chi connectivity index (χ1v) is 9.95. The molecule has 2 rings (SSSR count). The molecule has 0 heterocycles. The van der Waals surface area contributed by atoms with E-state index in [1.807, 2.05) is 12.1 Å². The van der Waals surface area contributed by atoms with E-state index in [1.54, 1.807) is 7.11 Å². The Balaban J connectivity index is 2.02. The Morgan fingerprint density at radius 3 is 2.62 bits per heavy atom. The summed E-state index contributed by atoms with van der Waals surface area (Å²) in [6.07, 6.45) is 5.40. The van der Waals surface area contributed by atoms with Crippen molar-refractivity contribution in [3.63, 3.8) is 0 Å². The lowest BCUT2D eigenvalue weighted by molar-refractivity contribution is 0.251. The van der Waals surface area contributed by atoms with Crippen LogP contribution in [0, 0.1) is 5.92 Å². The smallest absolute Gasteiger partial charge is 0.191 e. The number of nitrogens with zero attached hydrogens (tertiary/aromatic N) is 1. The second-order valence-electron chi connectivity index (χ2n) is 7.22. The van der Waals surface area contributed by atoms with Gasteiger partial charge in [-0.25, -0.2) is 0 Å². The first-order valence-electron chi connectivity index (χ1n) is 9.95. The van der Waals surface area contributed by atoms with Gasteiger partial charge in [0.1, 0.15) is 5.75 Å². The summed E-state index contributed by atoms with van der Waals surface area (Å²) in [6.45, 7) is 6.97. The molecule has 1 unspecified atom stereocenters. The Labute approximate surface area is 158 Å². The van der Waals surface area contributed by atoms with Crippen molar-refractivity contribution in [1.82, 2.24) is 10.6 Å². The molecule has 1 atom stereocenters. The molecular weight excluding hydrogens is 326 g/mol. The molecule has 146 valence electrons. The highest BCUT2D eigenvalue weighted by Crippen LogP contribution is 2.51. The Morgan fingerprint density at radius 1 is 1.23 bits per heavy atom. The maximum Gasteiger partial charge on any atom is 0.191 e. The van der Waals surface area contributed by atoms with E-state index in [0.29, 0.717) is 5.92 Å². The van der Waals surface area contributed by atoms with E-state index in [4.69, 9.17) is 9.73 Å². The Kier molecular flexibility index (Phi) is 8.23. The molecular formula is C21H35N3O2. The number of benzene rings is 1. The monoisotopic (exact) mass is 361 g/mol. The van der Waals surface area contributed by atoms with Gasteiger partial charge in [0, 0.05) is 30.7 Å². The summed E-state index contributed by atoms with van der Waals surface area (Å²) in [6, 6.07) is 8.30. The first-order chi connectivity index (χ1) is 12.7. The summed E-state index contributed by atoms with van der Waals surface area (Å²) >= 11 is 0. The topological polar surface area (TPSA) is 65.9 Å². The molecule has 0 saturated heterocycles. The van der Waals surface area contributed by atoms with Crippen molar-refractivity contribution >= 4 is 5.96 Å². The van der Waals surface area contributed by atoms with Gasteiger partial charge in [-0.05, 0) is 44.6 Å². The number of para-hydroxylation sites is 1. The van der Waals surface area contributed by atoms with Gasteiger partial charge >= 0.3 is 0 Å². The standard InChI is InChI=1S/C21H35N3O2/c1-4-8-17(11-14-25)15-23-20(22-5-2)24-16-21(12-13-21)18-9-6-7-10-19(18)26-3/h6-7,9-10,17,25H,4-5,8,11-16H2,1-3H3,(H2,22,23,24). The molecule has 1 aromatic carbocycles. The van der Waals surface area contributed by atoms with Crippen molar-refractivity contribution in [3.05, 3.63) is 29.8 Å². The summed E-state index contributed by atoms with van der Waals surface area (Å²) < 4.78 is 5.56. The van der Waals surface area contributed by atoms with Gasteiger partial charge in [-0.15, -0.1) is 0 Å². The zero-order valence-corrected chi connectivity index (χ0v) is 16.6. The van der Waals surface area contributed by atoms with Crippen LogP contribution in [0.4, 0.5) is 0 Å². The highest BCUT2D eigenvalue weighted by molar-refractivity contribution is 5.79. The molecule has 1 aliphatic carbocycles. The number of aliphatic hydroxyl groups is 1. The molecule has 1 fully saturated rings. The maximum atomic E-state index is 9.24. The second kappa shape index (κ2) is 10.4. The fourth-order valence-corrected chi connectivity index (χ4v) is 3.50. The minimum absolute atomic E-state index is 0.114. The molecule has 5 heteroatoms. The number of guanidine groups is 1. The van der Waals surface area contributed by atoms with Crippen LogP contribution in [-0.2, 0) is 5.41 Å². The van der Waals surface area contributed by atoms with Crippen LogP contribution >= 0.6 is 0 Å². The van der Waals surface area contributed by atoms with Crippen molar-refractivity contribution in [3.8, 4) is 5.75 Å². The Morgan fingerprint density at radius 2 is 2.00 bits per heavy atom. The summed E-state index contributed by atoms with van der Waals surface area (Å²) in [5, 5.41) is 16.1. The molecule has 26 heavy (non-hydrogen) atoms. The van der Waals surface area contributed by atoms with Crippen molar-refractivity contribution in [2.75, 3.05) is 33.4 Å². The van der Waals surface area contributed by atoms with Crippen LogP contribution in [0.2, 0.25) is 0 Å². The van der Waals surface area contributed by atoms with E-state index < -0.39 is 0 Å². The van der Waals surface area contributed by atoms with E-state index >= 15 is 0 Å². The highest BCUT2D eigenvalue weighted by atomic mass is 16.5. The van der Waals surface area contributed by atoms with Crippen LogP contribution in [0.5, 0.6) is 5.75 Å². The average molecular weight is 362 g/mol. The third-order valence-corrected chi connectivity index (χ3v) is 5.21. The van der Waals surface area contributed by atoms with Crippen LogP contribution in [-0.4, -0.2) is 44.4 Å². The average Bonchev–Trinajstić information content (AvgIpc) is 3.45. The molecule has 0 bridgehead atoms. The number of rotatable bonds is 11. The van der Waals surface area contributed by atoms with Crippen LogP contribution in [0.3, 0.4) is 0 Å². The lowest BCUT2D eigenvalue weighted by atomic mass is 9.95. The number of aliphatic imine (C=N–C) groups is 1. The van der Waals surface area contributed by atoms with Crippen LogP contribution in [0.1, 0.15) is 51.5 Å². The molecule has 0 radical (unpaired) electrons. The predicted molar refractivity (Wildman–Crippen MR) is 108 cm³/mol. The van der Waals surface area contributed by atoms with Gasteiger partial charge in [0.25, 0.3) is 0 Å². The number of nitrogens with one attached hydrogen (secondary N) is 2. The molecule has 0 aliphatic heterocycles. The van der Waals surface area contributed by atoms with Crippen LogP contribution in [0.25, 0.3) is 0 Å². The quantitative estimate of drug-likeness (QED) is 0.419. The molecule has 5 nitrogen and oxygen atoms in total. The van der Waals surface area contributed by atoms with Crippen molar-refractivity contribution in [2.24, 2.45) is 10.9 Å². The van der Waals surface area contributed by atoms with Gasteiger partial charge in [-0.3, -0.25) is 4.99 Å². The largest absolute Gasteiger partial charge is 0.496 e. The van der Waals surface area contributed by atoms with Crippen molar-refractivity contribution in [1.29, 1.82) is 0 Å².